The van der Waals surface area contributed by atoms with Crippen molar-refractivity contribution in [2.75, 3.05) is 9.80 Å². The Balaban J connectivity index is 0.981. The van der Waals surface area contributed by atoms with Gasteiger partial charge in [-0.05, 0) is 121 Å². The summed E-state index contributed by atoms with van der Waals surface area (Å²) in [5, 5.41) is 0. The van der Waals surface area contributed by atoms with Gasteiger partial charge in [0.05, 0.1) is 0 Å². The molecule has 0 N–H and O–H groups in total. The average Bonchev–Trinajstić information content (AvgIpc) is 3.16. The minimum Gasteiger partial charge on any atom is -0.311 e. The molecule has 0 unspecified atom stereocenters. The van der Waals surface area contributed by atoms with E-state index in [4.69, 9.17) is 0 Å². The molecule has 0 aliphatic heterocycles. The lowest BCUT2D eigenvalue weighted by atomic mass is 9.99. The van der Waals surface area contributed by atoms with E-state index < -0.39 is 0 Å². The normalized spacial score (nSPS) is 10.8. The lowest BCUT2D eigenvalue weighted by Gasteiger charge is -2.25. The summed E-state index contributed by atoms with van der Waals surface area (Å²) in [7, 11) is 0. The summed E-state index contributed by atoms with van der Waals surface area (Å²) >= 11 is 0. The minimum atomic E-state index is 1.02. The highest BCUT2D eigenvalue weighted by Crippen LogP contribution is 2.35. The Labute approximate surface area is 285 Å². The van der Waals surface area contributed by atoms with E-state index in [9.17, 15) is 0 Å². The van der Waals surface area contributed by atoms with Crippen LogP contribution in [0.25, 0.3) is 0 Å². The zero-order valence-electron chi connectivity index (χ0n) is 27.2. The summed E-state index contributed by atoms with van der Waals surface area (Å²) in [5.74, 6) is 0. The second-order valence-electron chi connectivity index (χ2n) is 12.2. The number of benzene rings is 7. The van der Waals surface area contributed by atoms with Gasteiger partial charge in [0.15, 0.2) is 0 Å². The summed E-state index contributed by atoms with van der Waals surface area (Å²) in [6, 6.07) is 69.5. The van der Waals surface area contributed by atoms with E-state index in [1.807, 2.05) is 0 Å². The van der Waals surface area contributed by atoms with Gasteiger partial charge in [0, 0.05) is 34.1 Å². The number of hydrogen-bond donors (Lipinski definition) is 0. The zero-order chi connectivity index (χ0) is 32.4. The molecule has 0 fully saturated rings. The van der Waals surface area contributed by atoms with Gasteiger partial charge in [0.1, 0.15) is 0 Å². The molecule has 48 heavy (non-hydrogen) atoms. The second kappa shape index (κ2) is 15.2. The van der Waals surface area contributed by atoms with Crippen LogP contribution < -0.4 is 9.80 Å². The van der Waals surface area contributed by atoms with Crippen LogP contribution >= 0.6 is 0 Å². The third-order valence-corrected chi connectivity index (χ3v) is 8.84. The molecule has 0 spiro atoms. The molecule has 2 heteroatoms. The molecule has 7 aromatic rings. The summed E-state index contributed by atoms with van der Waals surface area (Å²) < 4.78 is 0. The van der Waals surface area contributed by atoms with Gasteiger partial charge in [-0.15, -0.1) is 0 Å². The standard InChI is InChI=1S/C46H40N2/c1-5-16-41(17-6-1)47(42-18-7-2-8-19-42)45-32-28-37(29-33-45)24-26-39-14-13-15-40(36-39)27-25-38-30-34-46(35-31-38)48(43-20-9-3-10-21-43)44-22-11-4-12-23-44/h1-23,28-36H,24-27H2. The van der Waals surface area contributed by atoms with E-state index >= 15 is 0 Å². The molecule has 7 aromatic carbocycles. The fraction of sp³-hybridized carbons (Fsp3) is 0.0870. The van der Waals surface area contributed by atoms with Crippen molar-refractivity contribution in [3.63, 3.8) is 0 Å². The first kappa shape index (κ1) is 30.8. The fourth-order valence-corrected chi connectivity index (χ4v) is 6.34. The van der Waals surface area contributed by atoms with Crippen molar-refractivity contribution in [1.29, 1.82) is 0 Å². The van der Waals surface area contributed by atoms with Crippen LogP contribution in [-0.4, -0.2) is 0 Å². The molecule has 0 heterocycles. The van der Waals surface area contributed by atoms with Crippen LogP contribution in [0.2, 0.25) is 0 Å². The van der Waals surface area contributed by atoms with Gasteiger partial charge in [0.25, 0.3) is 0 Å². The Kier molecular flexibility index (Phi) is 9.72. The van der Waals surface area contributed by atoms with Gasteiger partial charge < -0.3 is 9.80 Å². The molecule has 0 aliphatic carbocycles. The SMILES string of the molecule is c1ccc(N(c2ccccc2)c2ccc(CCc3cccc(CCc4ccc(N(c5ccccc5)c5ccccc5)cc4)c3)cc2)cc1. The van der Waals surface area contributed by atoms with Crippen molar-refractivity contribution in [1.82, 2.24) is 0 Å². The molecule has 0 radical (unpaired) electrons. The van der Waals surface area contributed by atoms with Crippen LogP contribution in [0.1, 0.15) is 22.3 Å². The Morgan fingerprint density at radius 3 is 0.812 bits per heavy atom. The average molecular weight is 621 g/mol. The van der Waals surface area contributed by atoms with Crippen LogP contribution in [0.15, 0.2) is 194 Å². The quantitative estimate of drug-likeness (QED) is 0.134. The molecule has 0 bridgehead atoms. The van der Waals surface area contributed by atoms with Gasteiger partial charge in [-0.1, -0.05) is 121 Å². The molecular weight excluding hydrogens is 581 g/mol. The minimum absolute atomic E-state index is 1.02. The van der Waals surface area contributed by atoms with E-state index in [-0.39, 0.29) is 0 Å². The maximum atomic E-state index is 2.39. The van der Waals surface area contributed by atoms with E-state index in [0.29, 0.717) is 0 Å². The molecule has 0 amide bonds. The highest BCUT2D eigenvalue weighted by atomic mass is 15.1. The topological polar surface area (TPSA) is 6.48 Å². The largest absolute Gasteiger partial charge is 0.311 e. The van der Waals surface area contributed by atoms with E-state index in [1.54, 1.807) is 0 Å². The highest BCUT2D eigenvalue weighted by Gasteiger charge is 2.13. The number of aryl methyl sites for hydroxylation is 4. The Morgan fingerprint density at radius 1 is 0.229 bits per heavy atom. The first-order valence-electron chi connectivity index (χ1n) is 16.9. The molecule has 0 aliphatic rings. The van der Waals surface area contributed by atoms with Crippen molar-refractivity contribution in [3.8, 4) is 0 Å². The summed E-state index contributed by atoms with van der Waals surface area (Å²) in [6.45, 7) is 0. The molecule has 2 nitrogen and oxygen atoms in total. The fourth-order valence-electron chi connectivity index (χ4n) is 6.34. The monoisotopic (exact) mass is 620 g/mol. The summed E-state index contributed by atoms with van der Waals surface area (Å²) in [6.07, 6.45) is 4.08. The maximum Gasteiger partial charge on any atom is 0.0461 e. The molecule has 7 rings (SSSR count). The van der Waals surface area contributed by atoms with E-state index in [1.165, 1.54) is 33.6 Å². The first-order chi connectivity index (χ1) is 23.8. The summed E-state index contributed by atoms with van der Waals surface area (Å²) in [4.78, 5) is 4.62. The zero-order valence-corrected chi connectivity index (χ0v) is 27.2. The maximum absolute atomic E-state index is 2.39. The van der Waals surface area contributed by atoms with Gasteiger partial charge in [-0.3, -0.25) is 0 Å². The lowest BCUT2D eigenvalue weighted by molar-refractivity contribution is 0.930. The van der Waals surface area contributed by atoms with Crippen molar-refractivity contribution >= 4 is 34.1 Å². The van der Waals surface area contributed by atoms with Gasteiger partial charge in [-0.25, -0.2) is 0 Å². The summed E-state index contributed by atoms with van der Waals surface area (Å²) in [5.41, 5.74) is 12.5. The highest BCUT2D eigenvalue weighted by molar-refractivity contribution is 5.77. The Hall–Kier alpha value is -5.86. The van der Waals surface area contributed by atoms with Crippen LogP contribution in [0.5, 0.6) is 0 Å². The van der Waals surface area contributed by atoms with Crippen molar-refractivity contribution in [2.45, 2.75) is 25.7 Å². The predicted molar refractivity (Wildman–Crippen MR) is 204 cm³/mol. The number of nitrogens with zero attached hydrogens (tertiary/aromatic N) is 2. The smallest absolute Gasteiger partial charge is 0.0461 e. The number of rotatable bonds is 12. The predicted octanol–water partition coefficient (Wildman–Crippen LogP) is 12.2. The van der Waals surface area contributed by atoms with Crippen molar-refractivity contribution in [3.05, 3.63) is 216 Å². The first-order valence-corrected chi connectivity index (χ1v) is 16.9. The number of para-hydroxylation sites is 4. The molecule has 0 atom stereocenters. The second-order valence-corrected chi connectivity index (χ2v) is 12.2. The molecule has 234 valence electrons. The van der Waals surface area contributed by atoms with Crippen LogP contribution in [-0.2, 0) is 25.7 Å². The van der Waals surface area contributed by atoms with Crippen LogP contribution in [0.4, 0.5) is 34.1 Å². The van der Waals surface area contributed by atoms with Crippen LogP contribution in [0.3, 0.4) is 0 Å². The van der Waals surface area contributed by atoms with E-state index in [0.717, 1.165) is 48.4 Å². The molecule has 0 saturated carbocycles. The Bertz CT molecular complexity index is 1760. The molecule has 0 saturated heterocycles. The molecular formula is C46H40N2. The van der Waals surface area contributed by atoms with Crippen molar-refractivity contribution < 1.29 is 0 Å². The van der Waals surface area contributed by atoms with Crippen LogP contribution in [0, 0.1) is 0 Å². The van der Waals surface area contributed by atoms with Gasteiger partial charge in [0.2, 0.25) is 0 Å². The third kappa shape index (κ3) is 7.57. The molecule has 0 aromatic heterocycles. The lowest BCUT2D eigenvalue weighted by Crippen LogP contribution is -2.09. The van der Waals surface area contributed by atoms with E-state index in [2.05, 4.69) is 204 Å². The third-order valence-electron chi connectivity index (χ3n) is 8.84. The van der Waals surface area contributed by atoms with Gasteiger partial charge >= 0.3 is 0 Å². The number of anilines is 6. The number of hydrogen-bond acceptors (Lipinski definition) is 2. The van der Waals surface area contributed by atoms with Crippen molar-refractivity contribution in [2.24, 2.45) is 0 Å². The Morgan fingerprint density at radius 2 is 0.500 bits per heavy atom. The van der Waals surface area contributed by atoms with Gasteiger partial charge in [-0.2, -0.15) is 0 Å².